The van der Waals surface area contributed by atoms with E-state index >= 15 is 0 Å². The molecule has 0 bridgehead atoms. The van der Waals surface area contributed by atoms with Crippen molar-refractivity contribution in [1.29, 1.82) is 0 Å². The monoisotopic (exact) mass is 455 g/mol. The molecule has 0 saturated carbocycles. The van der Waals surface area contributed by atoms with Crippen LogP contribution in [0.15, 0.2) is 12.1 Å². The first-order valence-electron chi connectivity index (χ1n) is 12.2. The van der Waals surface area contributed by atoms with Crippen LogP contribution in [0.4, 0.5) is 0 Å². The van der Waals surface area contributed by atoms with Crippen molar-refractivity contribution in [1.82, 2.24) is 5.32 Å². The van der Waals surface area contributed by atoms with Crippen molar-refractivity contribution in [2.45, 2.75) is 93.0 Å². The molecule has 2 aromatic rings. The molecule has 1 heterocycles. The van der Waals surface area contributed by atoms with E-state index in [9.17, 15) is 4.79 Å². The first kappa shape index (κ1) is 25.0. The Labute approximate surface area is 199 Å². The number of rotatable bonds is 10. The normalized spacial score (nSPS) is 15.1. The van der Waals surface area contributed by atoms with Gasteiger partial charge in [0, 0.05) is 23.9 Å². The van der Waals surface area contributed by atoms with Gasteiger partial charge in [-0.15, -0.1) is 11.3 Å². The number of nitrogens with one attached hydrogen (secondary N) is 1. The van der Waals surface area contributed by atoms with Crippen molar-refractivity contribution in [3.63, 3.8) is 0 Å². The predicted molar refractivity (Wildman–Crippen MR) is 137 cm³/mol. The van der Waals surface area contributed by atoms with Crippen molar-refractivity contribution in [3.8, 4) is 5.75 Å². The number of thiophene rings is 1. The van der Waals surface area contributed by atoms with Crippen LogP contribution in [-0.2, 0) is 25.7 Å². The van der Waals surface area contributed by atoms with Gasteiger partial charge in [-0.05, 0) is 79.2 Å². The summed E-state index contributed by atoms with van der Waals surface area (Å²) in [5.74, 6) is 1.30. The first-order valence-corrected chi connectivity index (χ1v) is 13.1. The van der Waals surface area contributed by atoms with Crippen LogP contribution >= 0.6 is 11.3 Å². The fourth-order valence-electron chi connectivity index (χ4n) is 4.85. The quantitative estimate of drug-likeness (QED) is 0.322. The number of carbonyl (C=O) groups is 1. The van der Waals surface area contributed by atoms with Gasteiger partial charge in [-0.3, -0.25) is 4.79 Å². The Balaban J connectivity index is 1.66. The Morgan fingerprint density at radius 2 is 1.88 bits per heavy atom. The van der Waals surface area contributed by atoms with Crippen molar-refractivity contribution in [2.24, 2.45) is 5.41 Å². The second-order valence-corrected chi connectivity index (χ2v) is 11.6. The third kappa shape index (κ3) is 6.02. The molecular weight excluding hydrogens is 414 g/mol. The van der Waals surface area contributed by atoms with Crippen molar-refractivity contribution < 1.29 is 9.53 Å². The third-order valence-electron chi connectivity index (χ3n) is 6.54. The Hall–Kier alpha value is -1.65. The largest absolute Gasteiger partial charge is 0.492 e. The van der Waals surface area contributed by atoms with Gasteiger partial charge in [0.25, 0.3) is 0 Å². The second-order valence-electron chi connectivity index (χ2n) is 10.4. The highest BCUT2D eigenvalue weighted by molar-refractivity contribution is 7.14. The summed E-state index contributed by atoms with van der Waals surface area (Å²) in [6, 6.07) is 4.85. The maximum absolute atomic E-state index is 13.2. The lowest BCUT2D eigenvalue weighted by Crippen LogP contribution is -2.27. The molecule has 1 aliphatic rings. The van der Waals surface area contributed by atoms with Crippen molar-refractivity contribution in [2.75, 3.05) is 13.2 Å². The fraction of sp³-hybridized carbons (Fsp3) is 0.607. The molecule has 3 nitrogen and oxygen atoms in total. The zero-order valence-corrected chi connectivity index (χ0v) is 21.9. The summed E-state index contributed by atoms with van der Waals surface area (Å²) in [6.45, 7) is 16.9. The number of carbonyl (C=O) groups excluding carboxylic acids is 1. The smallest absolute Gasteiger partial charge is 0.173 e. The van der Waals surface area contributed by atoms with E-state index in [2.05, 4.69) is 65.9 Å². The zero-order chi connectivity index (χ0) is 23.5. The standard InChI is InChI=1S/C28H41NO2S/c1-8-25-23-17-28(6,7)12-11-22(23)27(32-25)24(30)10-9-21-15-19(4)26(20(5)16-21)31-14-13-29-18(2)3/h15-16,18,29H,8-14,17H2,1-7H3. The topological polar surface area (TPSA) is 38.3 Å². The second kappa shape index (κ2) is 10.5. The molecule has 32 heavy (non-hydrogen) atoms. The molecule has 1 aromatic carbocycles. The molecule has 1 aliphatic carbocycles. The van der Waals surface area contributed by atoms with E-state index in [1.165, 1.54) is 28.0 Å². The molecule has 0 atom stereocenters. The third-order valence-corrected chi connectivity index (χ3v) is 8.00. The number of benzene rings is 1. The van der Waals surface area contributed by atoms with Crippen LogP contribution < -0.4 is 10.1 Å². The molecule has 0 saturated heterocycles. The Morgan fingerprint density at radius 1 is 1.19 bits per heavy atom. The number of ketones is 1. The van der Waals surface area contributed by atoms with Gasteiger partial charge in [-0.2, -0.15) is 0 Å². The van der Waals surface area contributed by atoms with Gasteiger partial charge in [-0.25, -0.2) is 0 Å². The lowest BCUT2D eigenvalue weighted by molar-refractivity contribution is 0.0985. The molecule has 0 unspecified atom stereocenters. The Bertz CT molecular complexity index is 932. The summed E-state index contributed by atoms with van der Waals surface area (Å²) in [5, 5.41) is 3.38. The minimum atomic E-state index is 0.320. The fourth-order valence-corrected chi connectivity index (χ4v) is 6.12. The number of Topliss-reactive ketones (excluding diaryl/α,β-unsaturated/α-hetero) is 1. The molecular formula is C28H41NO2S. The maximum atomic E-state index is 13.2. The van der Waals surface area contributed by atoms with Crippen LogP contribution in [0.25, 0.3) is 0 Å². The summed E-state index contributed by atoms with van der Waals surface area (Å²) in [5.41, 5.74) is 6.73. The molecule has 0 spiro atoms. The van der Waals surface area contributed by atoms with Crippen LogP contribution in [0, 0.1) is 19.3 Å². The minimum Gasteiger partial charge on any atom is -0.492 e. The van der Waals surface area contributed by atoms with E-state index < -0.39 is 0 Å². The lowest BCUT2D eigenvalue weighted by atomic mass is 9.74. The first-order chi connectivity index (χ1) is 15.1. The molecule has 1 N–H and O–H groups in total. The van der Waals surface area contributed by atoms with E-state index in [1.54, 1.807) is 11.3 Å². The number of aryl methyl sites for hydroxylation is 4. The van der Waals surface area contributed by atoms with Crippen molar-refractivity contribution >= 4 is 17.1 Å². The molecule has 3 rings (SSSR count). The molecule has 176 valence electrons. The Morgan fingerprint density at radius 3 is 2.50 bits per heavy atom. The van der Waals surface area contributed by atoms with E-state index in [0.29, 0.717) is 30.3 Å². The molecule has 0 amide bonds. The van der Waals surface area contributed by atoms with E-state index in [0.717, 1.165) is 54.0 Å². The van der Waals surface area contributed by atoms with Crippen LogP contribution in [0.1, 0.15) is 89.8 Å². The molecule has 0 fully saturated rings. The number of fused-ring (bicyclic) bond motifs is 1. The van der Waals surface area contributed by atoms with E-state index in [-0.39, 0.29) is 0 Å². The zero-order valence-electron chi connectivity index (χ0n) is 21.1. The number of hydrogen-bond donors (Lipinski definition) is 1. The van der Waals surface area contributed by atoms with Gasteiger partial charge < -0.3 is 10.1 Å². The maximum Gasteiger partial charge on any atom is 0.173 e. The SMILES string of the molecule is CCc1sc(C(=O)CCc2cc(C)c(OCCNC(C)C)c(C)c2)c2c1CC(C)(C)CC2. The van der Waals surface area contributed by atoms with Gasteiger partial charge >= 0.3 is 0 Å². The van der Waals surface area contributed by atoms with E-state index in [1.807, 2.05) is 0 Å². The predicted octanol–water partition coefficient (Wildman–Crippen LogP) is 6.63. The van der Waals surface area contributed by atoms with Gasteiger partial charge in [0.15, 0.2) is 5.78 Å². The highest BCUT2D eigenvalue weighted by Gasteiger charge is 2.31. The summed E-state index contributed by atoms with van der Waals surface area (Å²) in [4.78, 5) is 15.7. The van der Waals surface area contributed by atoms with Gasteiger partial charge in [0.05, 0.1) is 4.88 Å². The van der Waals surface area contributed by atoms with Gasteiger partial charge in [-0.1, -0.05) is 46.8 Å². The minimum absolute atomic E-state index is 0.320. The van der Waals surface area contributed by atoms with E-state index in [4.69, 9.17) is 4.74 Å². The molecule has 4 heteroatoms. The average Bonchev–Trinajstić information content (AvgIpc) is 3.07. The number of hydrogen-bond acceptors (Lipinski definition) is 4. The van der Waals surface area contributed by atoms with Gasteiger partial charge in [0.1, 0.15) is 12.4 Å². The Kier molecular flexibility index (Phi) is 8.21. The highest BCUT2D eigenvalue weighted by Crippen LogP contribution is 2.42. The highest BCUT2D eigenvalue weighted by atomic mass is 32.1. The summed E-state index contributed by atoms with van der Waals surface area (Å²) < 4.78 is 6.03. The lowest BCUT2D eigenvalue weighted by Gasteiger charge is -2.30. The molecule has 0 radical (unpaired) electrons. The van der Waals surface area contributed by atoms with Crippen LogP contribution in [0.2, 0.25) is 0 Å². The summed E-state index contributed by atoms with van der Waals surface area (Å²) in [7, 11) is 0. The molecule has 0 aliphatic heterocycles. The van der Waals surface area contributed by atoms with Gasteiger partial charge in [0.2, 0.25) is 0 Å². The molecule has 1 aromatic heterocycles. The van der Waals surface area contributed by atoms with Crippen LogP contribution in [0.3, 0.4) is 0 Å². The summed E-state index contributed by atoms with van der Waals surface area (Å²) in [6.07, 6.45) is 5.74. The number of ether oxygens (including phenoxy) is 1. The van der Waals surface area contributed by atoms with Crippen LogP contribution in [-0.4, -0.2) is 25.0 Å². The van der Waals surface area contributed by atoms with Crippen LogP contribution in [0.5, 0.6) is 5.75 Å². The summed E-state index contributed by atoms with van der Waals surface area (Å²) >= 11 is 1.77. The average molecular weight is 456 g/mol. The van der Waals surface area contributed by atoms with Crippen molar-refractivity contribution in [3.05, 3.63) is 49.7 Å².